The van der Waals surface area contributed by atoms with E-state index in [1.54, 1.807) is 0 Å². The Morgan fingerprint density at radius 1 is 1.36 bits per heavy atom. The van der Waals surface area contributed by atoms with Crippen LogP contribution in [-0.2, 0) is 0 Å². The summed E-state index contributed by atoms with van der Waals surface area (Å²) in [6.07, 6.45) is 1.82. The van der Waals surface area contributed by atoms with E-state index in [1.165, 1.54) is 0 Å². The molecular weight excluding hydrogens is 221 g/mol. The van der Waals surface area contributed by atoms with E-state index in [0.717, 1.165) is 30.4 Å². The van der Waals surface area contributed by atoms with Gasteiger partial charge in [0, 0.05) is 11.8 Å². The third-order valence-electron chi connectivity index (χ3n) is 2.25. The first-order chi connectivity index (χ1) is 5.87. The van der Waals surface area contributed by atoms with Gasteiger partial charge in [-0.1, -0.05) is 6.92 Å². The van der Waals surface area contributed by atoms with Gasteiger partial charge in [0.2, 0.25) is 0 Å². The van der Waals surface area contributed by atoms with Crippen molar-refractivity contribution >= 4 is 11.6 Å². The van der Waals surface area contributed by atoms with E-state index in [4.69, 9.17) is 11.6 Å². The minimum absolute atomic E-state index is 0. The first kappa shape index (κ1) is 16.9. The van der Waals surface area contributed by atoms with Crippen LogP contribution in [0.2, 0.25) is 0 Å². The molecule has 0 saturated carbocycles. The summed E-state index contributed by atoms with van der Waals surface area (Å²) in [6, 6.07) is 0. The van der Waals surface area contributed by atoms with Gasteiger partial charge in [-0.3, -0.25) is 0 Å². The van der Waals surface area contributed by atoms with Crippen LogP contribution in [0.1, 0.15) is 26.7 Å². The number of aliphatic hydroxyl groups is 1. The van der Waals surface area contributed by atoms with Gasteiger partial charge in [0.05, 0.1) is 20.6 Å². The van der Waals surface area contributed by atoms with Crippen LogP contribution in [0.25, 0.3) is 0 Å². The molecule has 14 heavy (non-hydrogen) atoms. The van der Waals surface area contributed by atoms with Gasteiger partial charge in [-0.15, -0.1) is 11.6 Å². The fraction of sp³-hybridized carbons (Fsp3) is 1.00. The second-order valence-electron chi connectivity index (χ2n) is 4.49. The molecule has 0 aromatic carbocycles. The maximum absolute atomic E-state index is 9.26. The molecule has 4 heteroatoms. The average Bonchev–Trinajstić information content (AvgIpc) is 1.98. The Morgan fingerprint density at radius 2 is 1.86 bits per heavy atom. The second-order valence-corrected chi connectivity index (χ2v) is 5.10. The molecule has 0 amide bonds. The number of alkyl halides is 1. The number of aliphatic hydroxyl groups excluding tert-OH is 1. The summed E-state index contributed by atoms with van der Waals surface area (Å²) < 4.78 is 0.848. The van der Waals surface area contributed by atoms with Gasteiger partial charge in [-0.25, -0.2) is 0 Å². The fourth-order valence-corrected chi connectivity index (χ4v) is 1.60. The van der Waals surface area contributed by atoms with E-state index in [2.05, 4.69) is 21.0 Å². The molecule has 1 N–H and O–H groups in total. The van der Waals surface area contributed by atoms with Crippen LogP contribution >= 0.6 is 11.6 Å². The van der Waals surface area contributed by atoms with E-state index < -0.39 is 0 Å². The summed E-state index contributed by atoms with van der Waals surface area (Å²) in [5.74, 6) is 0. The van der Waals surface area contributed by atoms with Crippen molar-refractivity contribution in [2.45, 2.75) is 38.2 Å². The molecular formula is C10H23Cl2NO. The number of likely N-dealkylation sites (N-methyl/N-ethyl adjacent to an activating group) is 1. The van der Waals surface area contributed by atoms with Crippen molar-refractivity contribution in [1.29, 1.82) is 0 Å². The molecule has 0 bridgehead atoms. The van der Waals surface area contributed by atoms with E-state index in [9.17, 15) is 5.11 Å². The fourth-order valence-electron chi connectivity index (χ4n) is 1.50. The number of halogens is 2. The Balaban J connectivity index is 0. The predicted octanol–water partition coefficient (Wildman–Crippen LogP) is -1.14. The maximum Gasteiger partial charge on any atom is 0.104 e. The number of nitrogens with zero attached hydrogens (tertiary/aromatic N) is 1. The van der Waals surface area contributed by atoms with E-state index in [1.807, 2.05) is 6.92 Å². The van der Waals surface area contributed by atoms with Crippen LogP contribution in [0.5, 0.6) is 0 Å². The van der Waals surface area contributed by atoms with Crippen molar-refractivity contribution in [3.05, 3.63) is 0 Å². The van der Waals surface area contributed by atoms with Crippen molar-refractivity contribution < 1.29 is 22.0 Å². The molecule has 0 radical (unpaired) electrons. The smallest absolute Gasteiger partial charge is 0.104 e. The molecule has 0 aromatic rings. The average molecular weight is 244 g/mol. The highest BCUT2D eigenvalue weighted by molar-refractivity contribution is 6.20. The van der Waals surface area contributed by atoms with Crippen molar-refractivity contribution in [2.24, 2.45) is 0 Å². The minimum atomic E-state index is -0.231. The highest BCUT2D eigenvalue weighted by Crippen LogP contribution is 2.10. The van der Waals surface area contributed by atoms with E-state index in [-0.39, 0.29) is 23.9 Å². The Labute approximate surface area is 99.2 Å². The summed E-state index contributed by atoms with van der Waals surface area (Å²) in [7, 11) is 4.26. The molecule has 0 aliphatic carbocycles. The Bertz CT molecular complexity index is 140. The van der Waals surface area contributed by atoms with Gasteiger partial charge >= 0.3 is 0 Å². The first-order valence-corrected chi connectivity index (χ1v) is 5.45. The van der Waals surface area contributed by atoms with Gasteiger partial charge in [0.25, 0.3) is 0 Å². The third kappa shape index (κ3) is 9.07. The Morgan fingerprint density at radius 3 is 2.21 bits per heavy atom. The molecule has 0 rings (SSSR count). The molecule has 88 valence electrons. The SMILES string of the molecule is CCC(Cl)CC[N+](C)(C)CC(C)O.[Cl-]. The van der Waals surface area contributed by atoms with Crippen LogP contribution in [0.15, 0.2) is 0 Å². The van der Waals surface area contributed by atoms with Crippen LogP contribution in [-0.4, -0.2) is 48.3 Å². The summed E-state index contributed by atoms with van der Waals surface area (Å²) in [5, 5.41) is 9.55. The molecule has 0 fully saturated rings. The van der Waals surface area contributed by atoms with Gasteiger partial charge < -0.3 is 22.0 Å². The van der Waals surface area contributed by atoms with E-state index in [0.29, 0.717) is 0 Å². The molecule has 0 spiro atoms. The molecule has 2 unspecified atom stereocenters. The van der Waals surface area contributed by atoms with Crippen LogP contribution in [0.4, 0.5) is 0 Å². The summed E-state index contributed by atoms with van der Waals surface area (Å²) in [6.45, 7) is 5.77. The zero-order chi connectivity index (χ0) is 10.5. The highest BCUT2D eigenvalue weighted by Gasteiger charge is 2.18. The van der Waals surface area contributed by atoms with Gasteiger partial charge in [-0.2, -0.15) is 0 Å². The molecule has 2 atom stereocenters. The van der Waals surface area contributed by atoms with Gasteiger partial charge in [0.15, 0.2) is 0 Å². The lowest BCUT2D eigenvalue weighted by molar-refractivity contribution is -0.893. The molecule has 0 aliphatic rings. The summed E-state index contributed by atoms with van der Waals surface area (Å²) in [5.41, 5.74) is 0. The zero-order valence-electron chi connectivity index (χ0n) is 9.63. The third-order valence-corrected chi connectivity index (χ3v) is 2.78. The number of rotatable bonds is 6. The van der Waals surface area contributed by atoms with Crippen molar-refractivity contribution in [3.8, 4) is 0 Å². The van der Waals surface area contributed by atoms with Crippen LogP contribution in [0, 0.1) is 0 Å². The topological polar surface area (TPSA) is 20.2 Å². The quantitative estimate of drug-likeness (QED) is 0.462. The minimum Gasteiger partial charge on any atom is -1.00 e. The van der Waals surface area contributed by atoms with E-state index >= 15 is 0 Å². The Kier molecular flexibility index (Phi) is 9.36. The Hall–Kier alpha value is 0.500. The lowest BCUT2D eigenvalue weighted by atomic mass is 10.2. The standard InChI is InChI=1S/C10H23ClNO.ClH/c1-5-10(11)6-7-12(3,4)8-9(2)13;/h9-10,13H,5-8H2,1-4H3;1H/q+1;/p-1. The molecule has 2 nitrogen and oxygen atoms in total. The molecule has 0 aliphatic heterocycles. The first-order valence-electron chi connectivity index (χ1n) is 5.01. The van der Waals surface area contributed by atoms with Crippen LogP contribution < -0.4 is 12.4 Å². The lowest BCUT2D eigenvalue weighted by Crippen LogP contribution is -3.00. The van der Waals surface area contributed by atoms with Crippen molar-refractivity contribution in [3.63, 3.8) is 0 Å². The predicted molar refractivity (Wildman–Crippen MR) is 58.1 cm³/mol. The largest absolute Gasteiger partial charge is 1.00 e. The molecule has 0 heterocycles. The molecule has 0 aromatic heterocycles. The summed E-state index contributed by atoms with van der Waals surface area (Å²) >= 11 is 6.04. The number of quaternary nitrogens is 1. The van der Waals surface area contributed by atoms with Gasteiger partial charge in [-0.05, 0) is 13.3 Å². The number of hydrogen-bond acceptors (Lipinski definition) is 1. The normalized spacial score (nSPS) is 15.9. The van der Waals surface area contributed by atoms with Gasteiger partial charge in [0.1, 0.15) is 12.6 Å². The second kappa shape index (κ2) is 7.75. The highest BCUT2D eigenvalue weighted by atomic mass is 35.5. The van der Waals surface area contributed by atoms with Crippen molar-refractivity contribution in [2.75, 3.05) is 27.2 Å². The molecule has 0 saturated heterocycles. The lowest BCUT2D eigenvalue weighted by Gasteiger charge is -2.31. The monoisotopic (exact) mass is 243 g/mol. The summed E-state index contributed by atoms with van der Waals surface area (Å²) in [4.78, 5) is 0. The maximum atomic E-state index is 9.26. The van der Waals surface area contributed by atoms with Crippen LogP contribution in [0.3, 0.4) is 0 Å². The van der Waals surface area contributed by atoms with Crippen molar-refractivity contribution in [1.82, 2.24) is 0 Å². The zero-order valence-corrected chi connectivity index (χ0v) is 11.1. The number of hydrogen-bond donors (Lipinski definition) is 1.